The van der Waals surface area contributed by atoms with Gasteiger partial charge in [-0.2, -0.15) is 13.2 Å². The van der Waals surface area contributed by atoms with Crippen LogP contribution in [0.2, 0.25) is 5.02 Å². The van der Waals surface area contributed by atoms with E-state index in [1.807, 2.05) is 0 Å². The molecule has 0 unspecified atom stereocenters. The molecule has 15 heavy (non-hydrogen) atoms. The van der Waals surface area contributed by atoms with Crippen molar-refractivity contribution in [2.45, 2.75) is 6.18 Å². The Morgan fingerprint density at radius 3 is 2.27 bits per heavy atom. The maximum atomic E-state index is 11.6. The van der Waals surface area contributed by atoms with Crippen LogP contribution in [0.5, 0.6) is 5.75 Å². The molecule has 0 radical (unpaired) electrons. The topological polar surface area (TPSA) is 18.5 Å². The van der Waals surface area contributed by atoms with Crippen LogP contribution in [0.4, 0.5) is 13.2 Å². The van der Waals surface area contributed by atoms with E-state index in [1.54, 1.807) is 24.3 Å². The van der Waals surface area contributed by atoms with Gasteiger partial charge in [-0.25, -0.2) is 0 Å². The fraction of sp³-hybridized carbons (Fsp3) is 0.333. The summed E-state index contributed by atoms with van der Waals surface area (Å²) >= 11 is 5.60. The lowest BCUT2D eigenvalue weighted by atomic mass is 10.3. The van der Waals surface area contributed by atoms with Gasteiger partial charge in [0, 0.05) is 5.02 Å². The molecule has 0 aliphatic carbocycles. The highest BCUT2D eigenvalue weighted by Gasteiger charge is 2.27. The second-order valence-corrected chi connectivity index (χ2v) is 3.12. The quantitative estimate of drug-likeness (QED) is 0.594. The average molecular weight is 241 g/mol. The van der Waals surface area contributed by atoms with Gasteiger partial charge in [-0.05, 0) is 24.3 Å². The number of rotatable bonds is 4. The highest BCUT2D eigenvalue weighted by atomic mass is 35.5. The zero-order valence-corrected chi connectivity index (χ0v) is 8.31. The highest BCUT2D eigenvalue weighted by molar-refractivity contribution is 6.30. The van der Waals surface area contributed by atoms with Crippen LogP contribution in [-0.4, -0.2) is 19.6 Å². The maximum absolute atomic E-state index is 11.6. The molecule has 0 aromatic heterocycles. The summed E-state index contributed by atoms with van der Waals surface area (Å²) < 4.78 is 44.0. The molecular formula is C9H8ClF3O2. The molecule has 6 heteroatoms. The molecule has 0 amide bonds. The van der Waals surface area contributed by atoms with Gasteiger partial charge in [0.1, 0.15) is 12.4 Å². The van der Waals surface area contributed by atoms with Gasteiger partial charge < -0.3 is 9.47 Å². The van der Waals surface area contributed by atoms with Crippen LogP contribution in [0.15, 0.2) is 24.3 Å². The van der Waals surface area contributed by atoms with Gasteiger partial charge in [0.25, 0.3) is 0 Å². The van der Waals surface area contributed by atoms with Crippen molar-refractivity contribution in [2.24, 2.45) is 0 Å². The molecule has 0 aliphatic rings. The van der Waals surface area contributed by atoms with Crippen LogP contribution in [0.25, 0.3) is 0 Å². The Morgan fingerprint density at radius 1 is 1.13 bits per heavy atom. The monoisotopic (exact) mass is 240 g/mol. The summed E-state index contributed by atoms with van der Waals surface area (Å²) in [5.41, 5.74) is 0. The summed E-state index contributed by atoms with van der Waals surface area (Å²) in [7, 11) is 0. The van der Waals surface area contributed by atoms with Crippen LogP contribution in [-0.2, 0) is 4.74 Å². The van der Waals surface area contributed by atoms with E-state index >= 15 is 0 Å². The predicted molar refractivity (Wildman–Crippen MR) is 49.0 cm³/mol. The molecule has 0 atom stereocenters. The number of benzene rings is 1. The molecule has 0 saturated carbocycles. The first-order chi connectivity index (χ1) is 6.97. The molecule has 0 spiro atoms. The lowest BCUT2D eigenvalue weighted by Crippen LogP contribution is -2.19. The standard InChI is InChI=1S/C9H8ClF3O2/c10-7-1-3-8(4-2-7)15-6-14-5-9(11,12)13/h1-4H,5-6H2. The molecule has 84 valence electrons. The summed E-state index contributed by atoms with van der Waals surface area (Å²) in [6, 6.07) is 6.22. The number of hydrogen-bond acceptors (Lipinski definition) is 2. The van der Waals surface area contributed by atoms with E-state index < -0.39 is 19.6 Å². The molecule has 0 saturated heterocycles. The SMILES string of the molecule is FC(F)(F)COCOc1ccc(Cl)cc1. The normalized spacial score (nSPS) is 11.5. The van der Waals surface area contributed by atoms with Crippen molar-refractivity contribution in [1.82, 2.24) is 0 Å². The van der Waals surface area contributed by atoms with Crippen molar-refractivity contribution in [3.63, 3.8) is 0 Å². The number of alkyl halides is 3. The highest BCUT2D eigenvalue weighted by Crippen LogP contribution is 2.17. The van der Waals surface area contributed by atoms with Crippen molar-refractivity contribution in [3.05, 3.63) is 29.3 Å². The number of halogens is 4. The van der Waals surface area contributed by atoms with Gasteiger partial charge in [0.2, 0.25) is 0 Å². The summed E-state index contributed by atoms with van der Waals surface area (Å²) in [4.78, 5) is 0. The zero-order chi connectivity index (χ0) is 11.3. The summed E-state index contributed by atoms with van der Waals surface area (Å²) in [6.45, 7) is -1.76. The zero-order valence-electron chi connectivity index (χ0n) is 7.55. The summed E-state index contributed by atoms with van der Waals surface area (Å²) in [6.07, 6.45) is -4.33. The molecule has 1 aromatic rings. The third kappa shape index (κ3) is 5.49. The lowest BCUT2D eigenvalue weighted by molar-refractivity contribution is -0.186. The van der Waals surface area contributed by atoms with Crippen molar-refractivity contribution in [1.29, 1.82) is 0 Å². The third-order valence-corrected chi connectivity index (χ3v) is 1.64. The Morgan fingerprint density at radius 2 is 1.73 bits per heavy atom. The maximum Gasteiger partial charge on any atom is 0.411 e. The second-order valence-electron chi connectivity index (χ2n) is 2.68. The molecule has 2 nitrogen and oxygen atoms in total. The van der Waals surface area contributed by atoms with Gasteiger partial charge in [0.15, 0.2) is 6.79 Å². The van der Waals surface area contributed by atoms with Crippen molar-refractivity contribution in [2.75, 3.05) is 13.4 Å². The van der Waals surface area contributed by atoms with Crippen LogP contribution < -0.4 is 4.74 Å². The molecule has 1 aromatic carbocycles. The average Bonchev–Trinajstić information content (AvgIpc) is 2.14. The fourth-order valence-electron chi connectivity index (χ4n) is 0.798. The van der Waals surface area contributed by atoms with Gasteiger partial charge in [-0.15, -0.1) is 0 Å². The first kappa shape index (κ1) is 12.1. The van der Waals surface area contributed by atoms with E-state index in [2.05, 4.69) is 4.74 Å². The number of ether oxygens (including phenoxy) is 2. The van der Waals surface area contributed by atoms with E-state index in [4.69, 9.17) is 16.3 Å². The van der Waals surface area contributed by atoms with Crippen molar-refractivity contribution < 1.29 is 22.6 Å². The Bertz CT molecular complexity index is 297. The van der Waals surface area contributed by atoms with E-state index in [0.717, 1.165) is 0 Å². The first-order valence-corrected chi connectivity index (χ1v) is 4.38. The minimum Gasteiger partial charge on any atom is -0.468 e. The van der Waals surface area contributed by atoms with Gasteiger partial charge in [-0.1, -0.05) is 11.6 Å². The Kier molecular flexibility index (Phi) is 4.23. The van der Waals surface area contributed by atoms with Crippen LogP contribution in [0.3, 0.4) is 0 Å². The Balaban J connectivity index is 2.23. The van der Waals surface area contributed by atoms with E-state index in [1.165, 1.54) is 0 Å². The van der Waals surface area contributed by atoms with Gasteiger partial charge in [0.05, 0.1) is 0 Å². The largest absolute Gasteiger partial charge is 0.468 e. The van der Waals surface area contributed by atoms with E-state index in [9.17, 15) is 13.2 Å². The molecule has 1 rings (SSSR count). The molecule has 0 fully saturated rings. The lowest BCUT2D eigenvalue weighted by Gasteiger charge is -2.09. The van der Waals surface area contributed by atoms with Crippen LogP contribution in [0, 0.1) is 0 Å². The second kappa shape index (κ2) is 5.23. The molecule has 0 heterocycles. The Hall–Kier alpha value is -0.940. The number of hydrogen-bond donors (Lipinski definition) is 0. The van der Waals surface area contributed by atoms with Crippen LogP contribution >= 0.6 is 11.6 Å². The van der Waals surface area contributed by atoms with E-state index in [-0.39, 0.29) is 0 Å². The van der Waals surface area contributed by atoms with Gasteiger partial charge >= 0.3 is 6.18 Å². The molecule has 0 aliphatic heterocycles. The third-order valence-electron chi connectivity index (χ3n) is 1.39. The van der Waals surface area contributed by atoms with Gasteiger partial charge in [-0.3, -0.25) is 0 Å². The fourth-order valence-corrected chi connectivity index (χ4v) is 0.924. The smallest absolute Gasteiger partial charge is 0.411 e. The minimum absolute atomic E-state index is 0.404. The van der Waals surface area contributed by atoms with Crippen molar-refractivity contribution in [3.8, 4) is 5.75 Å². The Labute approximate surface area is 89.6 Å². The predicted octanol–water partition coefficient (Wildman–Crippen LogP) is 3.26. The summed E-state index contributed by atoms with van der Waals surface area (Å²) in [5, 5.41) is 0.526. The molecular weight excluding hydrogens is 233 g/mol. The molecule has 0 bridgehead atoms. The minimum atomic E-state index is -4.33. The van der Waals surface area contributed by atoms with Crippen LogP contribution in [0.1, 0.15) is 0 Å². The summed E-state index contributed by atoms with van der Waals surface area (Å²) in [5.74, 6) is 0.404. The first-order valence-electron chi connectivity index (χ1n) is 4.00. The molecule has 0 N–H and O–H groups in total. The van der Waals surface area contributed by atoms with Crippen molar-refractivity contribution >= 4 is 11.6 Å². The van der Waals surface area contributed by atoms with E-state index in [0.29, 0.717) is 10.8 Å².